The van der Waals surface area contributed by atoms with Gasteiger partial charge in [-0.25, -0.2) is 0 Å². The van der Waals surface area contributed by atoms with E-state index >= 15 is 0 Å². The fourth-order valence-electron chi connectivity index (χ4n) is 7.27. The number of nitrogens with zero attached hydrogens (tertiary/aromatic N) is 2. The summed E-state index contributed by atoms with van der Waals surface area (Å²) in [5.41, 5.74) is -1.42. The number of likely N-dealkylation sites (tertiary alicyclic amines) is 1. The first-order valence-electron chi connectivity index (χ1n) is 13.9. The van der Waals surface area contributed by atoms with Crippen molar-refractivity contribution in [3.8, 4) is 0 Å². The average molecular weight is 527 g/mol. The van der Waals surface area contributed by atoms with Crippen LogP contribution in [0.4, 0.5) is 0 Å². The second kappa shape index (κ2) is 10.8. The lowest BCUT2D eigenvalue weighted by molar-refractivity contribution is -0.164. The fourth-order valence-corrected chi connectivity index (χ4v) is 7.27. The molecule has 3 aliphatic rings. The summed E-state index contributed by atoms with van der Waals surface area (Å²) in [6.45, 7) is 13.7. The summed E-state index contributed by atoms with van der Waals surface area (Å²) in [6.07, 6.45) is 3.83. The fraction of sp³-hybridized carbons (Fsp3) is 0.633. The lowest BCUT2D eigenvalue weighted by atomic mass is 9.62. The number of carbonyl (C=O) groups is 3. The van der Waals surface area contributed by atoms with Gasteiger partial charge in [0.1, 0.15) is 17.6 Å². The number of ether oxygens (including phenoxy) is 2. The number of aliphatic hydroxyl groups excluding tert-OH is 1. The number of fused-ring (bicyclic) bond motifs is 1. The summed E-state index contributed by atoms with van der Waals surface area (Å²) >= 11 is 0. The third-order valence-corrected chi connectivity index (χ3v) is 9.07. The average Bonchev–Trinajstić information content (AvgIpc) is 3.40. The number of hydrogen-bond acceptors (Lipinski definition) is 6. The molecule has 4 rings (SSSR count). The lowest BCUT2D eigenvalue weighted by Gasteiger charge is -2.41. The molecule has 208 valence electrons. The minimum Gasteiger partial charge on any atom is -0.466 e. The zero-order valence-electron chi connectivity index (χ0n) is 23.3. The summed E-state index contributed by atoms with van der Waals surface area (Å²) in [6, 6.07) is 7.38. The highest BCUT2D eigenvalue weighted by molar-refractivity contribution is 5.99. The Bertz CT molecular complexity index is 1060. The minimum absolute atomic E-state index is 0.0820. The largest absolute Gasteiger partial charge is 0.466 e. The van der Waals surface area contributed by atoms with E-state index in [0.29, 0.717) is 13.0 Å². The summed E-state index contributed by atoms with van der Waals surface area (Å²) in [7, 11) is 0. The van der Waals surface area contributed by atoms with Crippen LogP contribution in [0.1, 0.15) is 65.5 Å². The monoisotopic (exact) mass is 526 g/mol. The van der Waals surface area contributed by atoms with Crippen LogP contribution in [-0.2, 0) is 23.9 Å². The number of rotatable bonds is 11. The molecule has 2 amide bonds. The van der Waals surface area contributed by atoms with Crippen molar-refractivity contribution in [3.05, 3.63) is 48.6 Å². The van der Waals surface area contributed by atoms with E-state index in [0.717, 1.165) is 18.4 Å². The molecule has 3 saturated heterocycles. The third-order valence-electron chi connectivity index (χ3n) is 9.07. The van der Waals surface area contributed by atoms with Crippen LogP contribution in [0.5, 0.6) is 0 Å². The predicted molar refractivity (Wildman–Crippen MR) is 143 cm³/mol. The van der Waals surface area contributed by atoms with Gasteiger partial charge in [-0.15, -0.1) is 6.58 Å². The molecule has 1 aromatic carbocycles. The number of aliphatic hydroxyl groups is 1. The first kappa shape index (κ1) is 28.3. The number of esters is 1. The van der Waals surface area contributed by atoms with Crippen LogP contribution >= 0.6 is 0 Å². The molecule has 4 unspecified atom stereocenters. The molecular weight excluding hydrogens is 484 g/mol. The first-order valence-corrected chi connectivity index (χ1v) is 13.9. The van der Waals surface area contributed by atoms with Crippen LogP contribution in [0.3, 0.4) is 0 Å². The van der Waals surface area contributed by atoms with E-state index in [1.165, 1.54) is 4.90 Å². The molecule has 38 heavy (non-hydrogen) atoms. The molecule has 0 aliphatic carbocycles. The van der Waals surface area contributed by atoms with Gasteiger partial charge in [-0.2, -0.15) is 0 Å². The zero-order chi connectivity index (χ0) is 27.8. The van der Waals surface area contributed by atoms with Crippen LogP contribution < -0.4 is 0 Å². The van der Waals surface area contributed by atoms with E-state index in [4.69, 9.17) is 9.47 Å². The van der Waals surface area contributed by atoms with Crippen LogP contribution in [0.15, 0.2) is 43.0 Å². The van der Waals surface area contributed by atoms with Crippen molar-refractivity contribution in [2.24, 2.45) is 17.8 Å². The highest BCUT2D eigenvalue weighted by atomic mass is 16.6. The van der Waals surface area contributed by atoms with E-state index < -0.39 is 41.1 Å². The molecule has 3 aliphatic heterocycles. The Hall–Kier alpha value is -2.71. The molecule has 0 radical (unpaired) electrons. The second-order valence-corrected chi connectivity index (χ2v) is 11.2. The standard InChI is InChI=1S/C30H42N2O6/c1-7-13-20(5)31(16-8-2)27(35)25-30-17-19(4)29(6,38-30)24(28(36)37-9-3)23(30)26(34)32(25)22(18-33)21-14-11-10-12-15-21/h8,10-12,14-15,19-20,22-25,33H,2,7,9,13,16-18H2,1,3-6H3/t19?,20?,22-,23+,24+,25?,29-,30?/m1/s1. The minimum atomic E-state index is -1.20. The Kier molecular flexibility index (Phi) is 8.05. The van der Waals surface area contributed by atoms with Gasteiger partial charge < -0.3 is 24.4 Å². The molecule has 8 nitrogen and oxygen atoms in total. The first-order chi connectivity index (χ1) is 18.1. The Balaban J connectivity index is 1.90. The molecule has 0 aromatic heterocycles. The van der Waals surface area contributed by atoms with Gasteiger partial charge in [0.05, 0.1) is 30.8 Å². The number of benzene rings is 1. The van der Waals surface area contributed by atoms with Gasteiger partial charge >= 0.3 is 5.97 Å². The third kappa shape index (κ3) is 4.16. The maximum Gasteiger partial charge on any atom is 0.312 e. The van der Waals surface area contributed by atoms with E-state index in [1.807, 2.05) is 51.1 Å². The molecule has 8 atom stereocenters. The van der Waals surface area contributed by atoms with Crippen LogP contribution in [0.25, 0.3) is 0 Å². The van der Waals surface area contributed by atoms with Crippen molar-refractivity contribution >= 4 is 17.8 Å². The van der Waals surface area contributed by atoms with Gasteiger partial charge in [0.25, 0.3) is 0 Å². The molecule has 1 N–H and O–H groups in total. The maximum atomic E-state index is 14.6. The van der Waals surface area contributed by atoms with Crippen molar-refractivity contribution in [1.29, 1.82) is 0 Å². The van der Waals surface area contributed by atoms with Crippen molar-refractivity contribution in [2.75, 3.05) is 19.8 Å². The van der Waals surface area contributed by atoms with Crippen molar-refractivity contribution in [1.82, 2.24) is 9.80 Å². The van der Waals surface area contributed by atoms with E-state index in [2.05, 4.69) is 13.5 Å². The predicted octanol–water partition coefficient (Wildman–Crippen LogP) is 3.50. The van der Waals surface area contributed by atoms with Gasteiger partial charge in [0, 0.05) is 12.6 Å². The maximum absolute atomic E-state index is 14.6. The summed E-state index contributed by atoms with van der Waals surface area (Å²) in [4.78, 5) is 45.7. The SMILES string of the molecule is C=CCN(C(=O)C1N([C@H](CO)c2ccccc2)C(=O)[C@@H]2[C@@H](C(=O)OCC)[C@]3(C)OC12CC3C)C(C)CCC. The molecule has 1 aromatic rings. The molecule has 1 spiro atoms. The Labute approximate surface area is 226 Å². The van der Waals surface area contributed by atoms with Crippen molar-refractivity contribution in [2.45, 2.75) is 83.2 Å². The van der Waals surface area contributed by atoms with Gasteiger partial charge in [-0.3, -0.25) is 14.4 Å². The Morgan fingerprint density at radius 1 is 1.32 bits per heavy atom. The van der Waals surface area contributed by atoms with E-state index in [9.17, 15) is 19.5 Å². The van der Waals surface area contributed by atoms with E-state index in [-0.39, 0.29) is 37.0 Å². The topological polar surface area (TPSA) is 96.4 Å². The number of carbonyl (C=O) groups excluding carboxylic acids is 3. The molecular formula is C30H42N2O6. The number of hydrogen-bond donors (Lipinski definition) is 1. The Morgan fingerprint density at radius 2 is 2.00 bits per heavy atom. The molecule has 0 saturated carbocycles. The second-order valence-electron chi connectivity index (χ2n) is 11.2. The van der Waals surface area contributed by atoms with Crippen LogP contribution in [0, 0.1) is 17.8 Å². The van der Waals surface area contributed by atoms with Gasteiger partial charge in [0.15, 0.2) is 0 Å². The van der Waals surface area contributed by atoms with Gasteiger partial charge in [-0.05, 0) is 45.1 Å². The van der Waals surface area contributed by atoms with Crippen molar-refractivity contribution in [3.63, 3.8) is 0 Å². The highest BCUT2D eigenvalue weighted by Crippen LogP contribution is 2.66. The Morgan fingerprint density at radius 3 is 2.58 bits per heavy atom. The summed E-state index contributed by atoms with van der Waals surface area (Å²) < 4.78 is 12.2. The van der Waals surface area contributed by atoms with Crippen molar-refractivity contribution < 1.29 is 29.0 Å². The molecule has 3 fully saturated rings. The quantitative estimate of drug-likeness (QED) is 0.350. The van der Waals surface area contributed by atoms with Crippen LogP contribution in [-0.4, -0.2) is 75.7 Å². The zero-order valence-corrected chi connectivity index (χ0v) is 23.3. The summed E-state index contributed by atoms with van der Waals surface area (Å²) in [5.74, 6) is -2.85. The summed E-state index contributed by atoms with van der Waals surface area (Å²) in [5, 5.41) is 10.6. The molecule has 8 heteroatoms. The highest BCUT2D eigenvalue weighted by Gasteiger charge is 2.80. The van der Waals surface area contributed by atoms with Gasteiger partial charge in [0.2, 0.25) is 11.8 Å². The smallest absolute Gasteiger partial charge is 0.312 e. The normalized spacial score (nSPS) is 33.1. The van der Waals surface area contributed by atoms with Crippen LogP contribution in [0.2, 0.25) is 0 Å². The molecule has 2 bridgehead atoms. The molecule has 3 heterocycles. The van der Waals surface area contributed by atoms with Gasteiger partial charge in [-0.1, -0.05) is 56.7 Å². The lowest BCUT2D eigenvalue weighted by Crippen LogP contribution is -2.58. The van der Waals surface area contributed by atoms with E-state index in [1.54, 1.807) is 17.9 Å². The number of amides is 2.